The van der Waals surface area contributed by atoms with Gasteiger partial charge in [-0.1, -0.05) is 13.8 Å². The standard InChI is InChI=1S/C23H32O7/c1-14-7-9-22(3)19(6-5-17(25)20(22)21(27)28-4)23(14,13-30-15(2)24)11-18(26)16-8-10-29-12-16/h8,10,12,14,17,19-20,25H,5-7,9,11,13H2,1-4H3/t14-,17-,19+,20+,22-,23-/m1/s1. The van der Waals surface area contributed by atoms with Crippen molar-refractivity contribution in [1.82, 2.24) is 0 Å². The van der Waals surface area contributed by atoms with E-state index in [9.17, 15) is 19.5 Å². The fourth-order valence-electron chi connectivity index (χ4n) is 6.13. The summed E-state index contributed by atoms with van der Waals surface area (Å²) in [6.07, 6.45) is 4.86. The molecule has 7 nitrogen and oxygen atoms in total. The molecule has 30 heavy (non-hydrogen) atoms. The number of Topliss-reactive ketones (excluding diaryl/α,β-unsaturated/α-hetero) is 1. The number of carbonyl (C=O) groups is 3. The van der Waals surface area contributed by atoms with Crippen molar-refractivity contribution in [3.8, 4) is 0 Å². The Labute approximate surface area is 177 Å². The molecule has 1 heterocycles. The normalized spacial score (nSPS) is 35.9. The van der Waals surface area contributed by atoms with Gasteiger partial charge < -0.3 is 19.0 Å². The van der Waals surface area contributed by atoms with E-state index in [-0.39, 0.29) is 30.6 Å². The van der Waals surface area contributed by atoms with Crippen LogP contribution in [0, 0.1) is 28.6 Å². The molecule has 1 aromatic rings. The zero-order valence-corrected chi connectivity index (χ0v) is 18.2. The summed E-state index contributed by atoms with van der Waals surface area (Å²) in [6, 6.07) is 1.64. The Morgan fingerprint density at radius 1 is 1.27 bits per heavy atom. The summed E-state index contributed by atoms with van der Waals surface area (Å²) in [5, 5.41) is 10.7. The molecule has 2 aliphatic rings. The topological polar surface area (TPSA) is 103 Å². The van der Waals surface area contributed by atoms with E-state index in [1.54, 1.807) is 6.07 Å². The lowest BCUT2D eigenvalue weighted by atomic mass is 9.43. The number of hydrogen-bond donors (Lipinski definition) is 1. The van der Waals surface area contributed by atoms with E-state index in [2.05, 4.69) is 6.92 Å². The number of methoxy groups -OCH3 is 1. The number of hydrogen-bond acceptors (Lipinski definition) is 7. The second-order valence-electron chi connectivity index (χ2n) is 9.27. The molecule has 2 aliphatic carbocycles. The third kappa shape index (κ3) is 3.80. The molecule has 1 N–H and O–H groups in total. The van der Waals surface area contributed by atoms with Gasteiger partial charge in [0.05, 0.1) is 37.6 Å². The molecule has 2 saturated carbocycles. The average molecular weight is 421 g/mol. The fraction of sp³-hybridized carbons (Fsp3) is 0.696. The van der Waals surface area contributed by atoms with Crippen molar-refractivity contribution in [3.05, 3.63) is 24.2 Å². The number of esters is 2. The maximum absolute atomic E-state index is 13.1. The minimum absolute atomic E-state index is 0.0762. The highest BCUT2D eigenvalue weighted by Gasteiger charge is 2.62. The van der Waals surface area contributed by atoms with Gasteiger partial charge in [0.1, 0.15) is 6.26 Å². The largest absolute Gasteiger partial charge is 0.472 e. The van der Waals surface area contributed by atoms with E-state index in [1.807, 2.05) is 6.92 Å². The molecule has 1 aromatic heterocycles. The van der Waals surface area contributed by atoms with Gasteiger partial charge in [-0.15, -0.1) is 0 Å². The molecule has 0 aliphatic heterocycles. The van der Waals surface area contributed by atoms with Gasteiger partial charge in [-0.3, -0.25) is 14.4 Å². The Bertz CT molecular complexity index is 785. The van der Waals surface area contributed by atoms with Crippen LogP contribution in [-0.2, 0) is 19.1 Å². The number of ketones is 1. The Balaban J connectivity index is 2.05. The first-order chi connectivity index (χ1) is 14.2. The van der Waals surface area contributed by atoms with Gasteiger partial charge in [-0.25, -0.2) is 0 Å². The molecule has 166 valence electrons. The minimum atomic E-state index is -0.789. The number of rotatable bonds is 6. The average Bonchev–Trinajstić information content (AvgIpc) is 3.23. The van der Waals surface area contributed by atoms with Crippen LogP contribution >= 0.6 is 0 Å². The van der Waals surface area contributed by atoms with Gasteiger partial charge in [0, 0.05) is 18.8 Å². The van der Waals surface area contributed by atoms with Crippen LogP contribution in [-0.4, -0.2) is 42.6 Å². The highest BCUT2D eigenvalue weighted by molar-refractivity contribution is 5.96. The van der Waals surface area contributed by atoms with E-state index < -0.39 is 34.8 Å². The van der Waals surface area contributed by atoms with Gasteiger partial charge >= 0.3 is 11.9 Å². The van der Waals surface area contributed by atoms with Crippen LogP contribution in [0.25, 0.3) is 0 Å². The fourth-order valence-corrected chi connectivity index (χ4v) is 6.13. The van der Waals surface area contributed by atoms with Gasteiger partial charge in [0.15, 0.2) is 5.78 Å². The molecule has 0 saturated heterocycles. The Morgan fingerprint density at radius 2 is 2.00 bits per heavy atom. The van der Waals surface area contributed by atoms with Crippen molar-refractivity contribution in [2.24, 2.45) is 28.6 Å². The smallest absolute Gasteiger partial charge is 0.311 e. The maximum Gasteiger partial charge on any atom is 0.311 e. The summed E-state index contributed by atoms with van der Waals surface area (Å²) < 4.78 is 15.7. The molecule has 0 aromatic carbocycles. The van der Waals surface area contributed by atoms with Crippen molar-refractivity contribution in [1.29, 1.82) is 0 Å². The lowest BCUT2D eigenvalue weighted by molar-refractivity contribution is -0.194. The highest BCUT2D eigenvalue weighted by Crippen LogP contribution is 2.63. The third-order valence-electron chi connectivity index (χ3n) is 7.77. The minimum Gasteiger partial charge on any atom is -0.472 e. The monoisotopic (exact) mass is 420 g/mol. The highest BCUT2D eigenvalue weighted by atomic mass is 16.5. The molecule has 6 atom stereocenters. The van der Waals surface area contributed by atoms with Crippen molar-refractivity contribution >= 4 is 17.7 Å². The van der Waals surface area contributed by atoms with Crippen molar-refractivity contribution in [2.45, 2.75) is 59.0 Å². The molecule has 0 unspecified atom stereocenters. The van der Waals surface area contributed by atoms with Crippen molar-refractivity contribution in [3.63, 3.8) is 0 Å². The molecule has 0 radical (unpaired) electrons. The molecule has 0 bridgehead atoms. The van der Waals surface area contributed by atoms with E-state index in [1.165, 1.54) is 26.6 Å². The van der Waals surface area contributed by atoms with Gasteiger partial charge in [0.25, 0.3) is 0 Å². The van der Waals surface area contributed by atoms with Gasteiger partial charge in [-0.05, 0) is 49.0 Å². The molecule has 7 heteroatoms. The molecule has 0 spiro atoms. The summed E-state index contributed by atoms with van der Waals surface area (Å²) >= 11 is 0. The van der Waals surface area contributed by atoms with Crippen LogP contribution in [0.2, 0.25) is 0 Å². The summed E-state index contributed by atoms with van der Waals surface area (Å²) in [5.74, 6) is -1.56. The first-order valence-electron chi connectivity index (χ1n) is 10.6. The quantitative estimate of drug-likeness (QED) is 0.556. The summed E-state index contributed by atoms with van der Waals surface area (Å²) in [4.78, 5) is 37.5. The number of ether oxygens (including phenoxy) is 2. The van der Waals surface area contributed by atoms with E-state index in [0.717, 1.165) is 12.8 Å². The second kappa shape index (κ2) is 8.53. The van der Waals surface area contributed by atoms with Crippen LogP contribution in [0.4, 0.5) is 0 Å². The SMILES string of the molecule is COC(=O)[C@@H]1[C@H](O)CC[C@H]2[C@@]1(C)CC[C@@H](C)[C@]2(COC(C)=O)CC(=O)c1ccoc1. The van der Waals surface area contributed by atoms with Crippen molar-refractivity contribution in [2.75, 3.05) is 13.7 Å². The van der Waals surface area contributed by atoms with Gasteiger partial charge in [0.2, 0.25) is 0 Å². The number of carbonyl (C=O) groups excluding carboxylic acids is 3. The zero-order chi connectivity index (χ0) is 22.1. The van der Waals surface area contributed by atoms with E-state index >= 15 is 0 Å². The lowest BCUT2D eigenvalue weighted by Gasteiger charge is -2.61. The summed E-state index contributed by atoms with van der Waals surface area (Å²) in [7, 11) is 1.34. The van der Waals surface area contributed by atoms with Crippen molar-refractivity contribution < 1.29 is 33.4 Å². The molecule has 0 amide bonds. The van der Waals surface area contributed by atoms with Crippen LogP contribution in [0.3, 0.4) is 0 Å². The predicted octanol–water partition coefficient (Wildman–Crippen LogP) is 3.40. The van der Waals surface area contributed by atoms with Crippen LogP contribution in [0.5, 0.6) is 0 Å². The van der Waals surface area contributed by atoms with E-state index in [0.29, 0.717) is 18.4 Å². The number of furan rings is 1. The third-order valence-corrected chi connectivity index (χ3v) is 7.77. The number of aliphatic hydroxyl groups is 1. The van der Waals surface area contributed by atoms with Crippen LogP contribution in [0.15, 0.2) is 23.0 Å². The Kier molecular flexibility index (Phi) is 6.41. The Hall–Kier alpha value is -2.15. The summed E-state index contributed by atoms with van der Waals surface area (Å²) in [5.41, 5.74) is -0.717. The first kappa shape index (κ1) is 22.5. The number of fused-ring (bicyclic) bond motifs is 1. The van der Waals surface area contributed by atoms with Gasteiger partial charge in [-0.2, -0.15) is 0 Å². The molecule has 2 fully saturated rings. The summed E-state index contributed by atoms with van der Waals surface area (Å²) in [6.45, 7) is 5.57. The predicted molar refractivity (Wildman–Crippen MR) is 107 cm³/mol. The molecular formula is C23H32O7. The Morgan fingerprint density at radius 3 is 2.60 bits per heavy atom. The molecule has 3 rings (SSSR count). The maximum atomic E-state index is 13.1. The van der Waals surface area contributed by atoms with E-state index in [4.69, 9.17) is 13.9 Å². The number of aliphatic hydroxyl groups excluding tert-OH is 1. The van der Waals surface area contributed by atoms with Crippen LogP contribution in [0.1, 0.15) is 63.2 Å². The second-order valence-corrected chi connectivity index (χ2v) is 9.27. The first-order valence-corrected chi connectivity index (χ1v) is 10.6. The lowest BCUT2D eigenvalue weighted by Crippen LogP contribution is -2.61. The molecular weight excluding hydrogens is 388 g/mol. The van der Waals surface area contributed by atoms with Crippen LogP contribution < -0.4 is 0 Å². The zero-order valence-electron chi connectivity index (χ0n) is 18.2.